The molecule has 13 heavy (non-hydrogen) atoms. The molecule has 0 aromatic carbocycles. The van der Waals surface area contributed by atoms with Crippen LogP contribution in [0.2, 0.25) is 0 Å². The Kier molecular flexibility index (Phi) is 3.66. The maximum Gasteiger partial charge on any atom is 0.0968 e. The zero-order chi connectivity index (χ0) is 9.68. The number of aromatic nitrogens is 1. The van der Waals surface area contributed by atoms with Gasteiger partial charge in [-0.2, -0.15) is 5.26 Å². The van der Waals surface area contributed by atoms with Crippen LogP contribution in [-0.4, -0.2) is 4.98 Å². The van der Waals surface area contributed by atoms with Gasteiger partial charge in [-0.05, 0) is 13.3 Å². The van der Waals surface area contributed by atoms with Gasteiger partial charge in [-0.1, -0.05) is 6.08 Å². The highest BCUT2D eigenvalue weighted by molar-refractivity contribution is 7.11. The monoisotopic (exact) mass is 192 g/mol. The van der Waals surface area contributed by atoms with Crippen LogP contribution in [0, 0.1) is 18.3 Å². The lowest BCUT2D eigenvalue weighted by Crippen LogP contribution is -1.82. The van der Waals surface area contributed by atoms with Crippen molar-refractivity contribution < 1.29 is 0 Å². The number of hydrogen-bond donors (Lipinski definition) is 0. The van der Waals surface area contributed by atoms with Crippen molar-refractivity contribution in [2.45, 2.75) is 26.2 Å². The van der Waals surface area contributed by atoms with Gasteiger partial charge >= 0.3 is 0 Å². The minimum atomic E-state index is 0.580. The van der Waals surface area contributed by atoms with Crippen LogP contribution in [-0.2, 0) is 12.8 Å². The highest BCUT2D eigenvalue weighted by atomic mass is 32.1. The molecule has 0 aliphatic heterocycles. The van der Waals surface area contributed by atoms with Gasteiger partial charge in [0.1, 0.15) is 0 Å². The summed E-state index contributed by atoms with van der Waals surface area (Å²) in [7, 11) is 0. The predicted octanol–water partition coefficient (Wildman–Crippen LogP) is 2.64. The van der Waals surface area contributed by atoms with E-state index in [2.05, 4.69) is 17.6 Å². The molecule has 0 N–H and O–H groups in total. The zero-order valence-corrected chi connectivity index (χ0v) is 8.52. The minimum absolute atomic E-state index is 0.580. The van der Waals surface area contributed by atoms with Crippen molar-refractivity contribution in [3.8, 4) is 6.07 Å². The smallest absolute Gasteiger partial charge is 0.0968 e. The Hall–Kier alpha value is -1.14. The Bertz CT molecular complexity index is 333. The van der Waals surface area contributed by atoms with E-state index >= 15 is 0 Å². The van der Waals surface area contributed by atoms with Crippen LogP contribution in [0.5, 0.6) is 0 Å². The van der Waals surface area contributed by atoms with Crippen molar-refractivity contribution in [2.75, 3.05) is 0 Å². The summed E-state index contributed by atoms with van der Waals surface area (Å²) in [5, 5.41) is 9.54. The summed E-state index contributed by atoms with van der Waals surface area (Å²) in [4.78, 5) is 5.63. The van der Waals surface area contributed by atoms with Gasteiger partial charge in [-0.15, -0.1) is 17.9 Å². The first kappa shape index (κ1) is 9.94. The summed E-state index contributed by atoms with van der Waals surface area (Å²) in [6, 6.07) is 2.14. The number of thiazole rings is 1. The maximum atomic E-state index is 8.45. The van der Waals surface area contributed by atoms with Crippen LogP contribution in [0.4, 0.5) is 0 Å². The fourth-order valence-corrected chi connectivity index (χ4v) is 2.17. The van der Waals surface area contributed by atoms with Crippen molar-refractivity contribution >= 4 is 11.3 Å². The fourth-order valence-electron chi connectivity index (χ4n) is 1.10. The van der Waals surface area contributed by atoms with E-state index in [1.807, 2.05) is 13.0 Å². The molecule has 1 heterocycles. The summed E-state index contributed by atoms with van der Waals surface area (Å²) in [5.41, 5.74) is 1.07. The lowest BCUT2D eigenvalue weighted by Gasteiger charge is -1.89. The molecule has 2 nitrogen and oxygen atoms in total. The van der Waals surface area contributed by atoms with Crippen LogP contribution < -0.4 is 0 Å². The second-order valence-electron chi connectivity index (χ2n) is 2.77. The van der Waals surface area contributed by atoms with Gasteiger partial charge in [0.05, 0.1) is 16.8 Å². The molecule has 68 valence electrons. The molecule has 1 aromatic rings. The van der Waals surface area contributed by atoms with Gasteiger partial charge in [0.15, 0.2) is 0 Å². The zero-order valence-electron chi connectivity index (χ0n) is 7.71. The number of allylic oxidation sites excluding steroid dienone is 1. The van der Waals surface area contributed by atoms with Gasteiger partial charge in [0.25, 0.3) is 0 Å². The fraction of sp³-hybridized carbons (Fsp3) is 0.400. The van der Waals surface area contributed by atoms with Gasteiger partial charge in [0, 0.05) is 17.7 Å². The topological polar surface area (TPSA) is 36.7 Å². The summed E-state index contributed by atoms with van der Waals surface area (Å²) < 4.78 is 0. The average Bonchev–Trinajstić information content (AvgIpc) is 2.44. The molecule has 0 atom stereocenters. The molecule has 0 aliphatic rings. The molecule has 0 saturated carbocycles. The molecule has 0 fully saturated rings. The Balaban J connectivity index is 2.72. The highest BCUT2D eigenvalue weighted by Crippen LogP contribution is 2.19. The summed E-state index contributed by atoms with van der Waals surface area (Å²) >= 11 is 1.69. The van der Waals surface area contributed by atoms with Crippen molar-refractivity contribution in [3.63, 3.8) is 0 Å². The van der Waals surface area contributed by atoms with E-state index in [4.69, 9.17) is 5.26 Å². The number of nitrogens with zero attached hydrogens (tertiary/aromatic N) is 2. The first-order chi connectivity index (χ1) is 6.27. The van der Waals surface area contributed by atoms with Crippen molar-refractivity contribution in [1.82, 2.24) is 4.98 Å². The van der Waals surface area contributed by atoms with E-state index in [1.165, 1.54) is 4.88 Å². The van der Waals surface area contributed by atoms with E-state index in [0.29, 0.717) is 6.42 Å². The standard InChI is InChI=1S/C10H12N2S/c1-3-5-10-12-8(2)9(13-10)6-4-7-11/h3H,1,4-6H2,2H3. The Labute approximate surface area is 82.5 Å². The van der Waals surface area contributed by atoms with Gasteiger partial charge < -0.3 is 0 Å². The van der Waals surface area contributed by atoms with Gasteiger partial charge in [-0.3, -0.25) is 0 Å². The van der Waals surface area contributed by atoms with E-state index in [0.717, 1.165) is 23.5 Å². The molecule has 0 amide bonds. The molecule has 3 heteroatoms. The lowest BCUT2D eigenvalue weighted by atomic mass is 10.2. The quantitative estimate of drug-likeness (QED) is 0.688. The molecule has 0 unspecified atom stereocenters. The average molecular weight is 192 g/mol. The number of aryl methyl sites for hydroxylation is 2. The summed E-state index contributed by atoms with van der Waals surface area (Å²) in [6.07, 6.45) is 4.10. The van der Waals surface area contributed by atoms with Crippen LogP contribution in [0.1, 0.15) is 22.0 Å². The molecule has 0 bridgehead atoms. The molecule has 0 aliphatic carbocycles. The third-order valence-electron chi connectivity index (χ3n) is 1.72. The Morgan fingerprint density at radius 3 is 3.08 bits per heavy atom. The summed E-state index contributed by atoms with van der Waals surface area (Å²) in [5.74, 6) is 0. The van der Waals surface area contributed by atoms with Crippen LogP contribution in [0.15, 0.2) is 12.7 Å². The maximum absolute atomic E-state index is 8.45. The lowest BCUT2D eigenvalue weighted by molar-refractivity contribution is 1.00. The predicted molar refractivity (Wildman–Crippen MR) is 54.7 cm³/mol. The van der Waals surface area contributed by atoms with E-state index < -0.39 is 0 Å². The molecule has 0 spiro atoms. The first-order valence-corrected chi connectivity index (χ1v) is 5.02. The van der Waals surface area contributed by atoms with Crippen LogP contribution in [0.3, 0.4) is 0 Å². The number of nitriles is 1. The van der Waals surface area contributed by atoms with Crippen LogP contribution >= 0.6 is 11.3 Å². The summed E-state index contributed by atoms with van der Waals surface area (Å²) in [6.45, 7) is 5.67. The Morgan fingerprint density at radius 2 is 2.46 bits per heavy atom. The third kappa shape index (κ3) is 2.67. The van der Waals surface area contributed by atoms with Crippen molar-refractivity contribution in [2.24, 2.45) is 0 Å². The highest BCUT2D eigenvalue weighted by Gasteiger charge is 2.05. The molecule has 1 rings (SSSR count). The number of rotatable bonds is 4. The van der Waals surface area contributed by atoms with Crippen molar-refractivity contribution in [1.29, 1.82) is 5.26 Å². The van der Waals surface area contributed by atoms with E-state index in [-0.39, 0.29) is 0 Å². The first-order valence-electron chi connectivity index (χ1n) is 4.21. The second kappa shape index (κ2) is 4.78. The number of hydrogen-bond acceptors (Lipinski definition) is 3. The molecular weight excluding hydrogens is 180 g/mol. The minimum Gasteiger partial charge on any atom is -0.246 e. The molecule has 1 aromatic heterocycles. The normalized spacial score (nSPS) is 9.54. The van der Waals surface area contributed by atoms with Crippen LogP contribution in [0.25, 0.3) is 0 Å². The SMILES string of the molecule is C=CCc1nc(C)c(CCC#N)s1. The molecule has 0 saturated heterocycles. The Morgan fingerprint density at radius 1 is 1.69 bits per heavy atom. The van der Waals surface area contributed by atoms with Crippen molar-refractivity contribution in [3.05, 3.63) is 28.2 Å². The molecule has 0 radical (unpaired) electrons. The molecular formula is C10H12N2S. The van der Waals surface area contributed by atoms with Gasteiger partial charge in [-0.25, -0.2) is 4.98 Å². The second-order valence-corrected chi connectivity index (χ2v) is 3.94. The largest absolute Gasteiger partial charge is 0.246 e. The van der Waals surface area contributed by atoms with E-state index in [1.54, 1.807) is 11.3 Å². The van der Waals surface area contributed by atoms with Gasteiger partial charge in [0.2, 0.25) is 0 Å². The third-order valence-corrected chi connectivity index (χ3v) is 2.96. The van der Waals surface area contributed by atoms with E-state index in [9.17, 15) is 0 Å².